The van der Waals surface area contributed by atoms with E-state index >= 15 is 0 Å². The molecule has 4 nitrogen and oxygen atoms in total. The summed E-state index contributed by atoms with van der Waals surface area (Å²) in [5.74, 6) is 10.1. The summed E-state index contributed by atoms with van der Waals surface area (Å²) in [7, 11) is 0. The summed E-state index contributed by atoms with van der Waals surface area (Å²) in [5.41, 5.74) is 1.49. The third-order valence-corrected chi connectivity index (χ3v) is 5.49. The van der Waals surface area contributed by atoms with Crippen LogP contribution in [-0.2, 0) is 9.59 Å². The molecule has 0 saturated carbocycles. The van der Waals surface area contributed by atoms with Gasteiger partial charge in [0.1, 0.15) is 11.5 Å². The molecule has 0 spiro atoms. The predicted octanol–water partition coefficient (Wildman–Crippen LogP) is 5.75. The van der Waals surface area contributed by atoms with Gasteiger partial charge in [0, 0.05) is 32.8 Å². The maximum Gasteiger partial charge on any atom is 0.390 e. The number of hydrogen-bond donors (Lipinski definition) is 0. The Balaban J connectivity index is 1.28. The zero-order chi connectivity index (χ0) is 24.3. The van der Waals surface area contributed by atoms with Crippen LogP contribution in [0.25, 0.3) is 0 Å². The Labute approximate surface area is 207 Å². The fraction of sp³-hybridized carbons (Fsp3) is 0. The van der Waals surface area contributed by atoms with Gasteiger partial charge in [0.05, 0.1) is 0 Å². The summed E-state index contributed by atoms with van der Waals surface area (Å²) >= 11 is 1.52. The first-order chi connectivity index (χ1) is 17.1. The Kier molecular flexibility index (Phi) is 8.01. The standard InChI is InChI=1S/C30H18O4S/c31-29(21-11-23-7-3-1-4-8-23)33-25-13-17-27(18-14-25)35-28-19-15-26(16-20-28)34-30(32)22-12-24-9-5-2-6-10-24/h1-10,13-20H. The van der Waals surface area contributed by atoms with Gasteiger partial charge < -0.3 is 9.47 Å². The van der Waals surface area contributed by atoms with Crippen LogP contribution in [0.1, 0.15) is 11.1 Å². The second-order valence-electron chi connectivity index (χ2n) is 7.06. The van der Waals surface area contributed by atoms with Crippen LogP contribution >= 0.6 is 11.8 Å². The Morgan fingerprint density at radius 2 is 0.886 bits per heavy atom. The van der Waals surface area contributed by atoms with Gasteiger partial charge >= 0.3 is 11.9 Å². The van der Waals surface area contributed by atoms with E-state index in [1.807, 2.05) is 84.9 Å². The van der Waals surface area contributed by atoms with Crippen molar-refractivity contribution in [2.24, 2.45) is 0 Å². The number of carbonyl (C=O) groups excluding carboxylic acids is 2. The van der Waals surface area contributed by atoms with Crippen molar-refractivity contribution in [1.29, 1.82) is 0 Å². The maximum absolute atomic E-state index is 11.9. The van der Waals surface area contributed by atoms with E-state index < -0.39 is 11.9 Å². The summed E-state index contributed by atoms with van der Waals surface area (Å²) in [6.07, 6.45) is 0. The molecule has 0 unspecified atom stereocenters. The van der Waals surface area contributed by atoms with Crippen molar-refractivity contribution in [3.63, 3.8) is 0 Å². The molecule has 0 aromatic heterocycles. The normalized spacial score (nSPS) is 9.60. The molecule has 5 heteroatoms. The zero-order valence-electron chi connectivity index (χ0n) is 18.4. The second kappa shape index (κ2) is 12.0. The van der Waals surface area contributed by atoms with Crippen LogP contribution in [0.5, 0.6) is 11.5 Å². The summed E-state index contributed by atoms with van der Waals surface area (Å²) < 4.78 is 10.5. The number of rotatable bonds is 4. The highest BCUT2D eigenvalue weighted by molar-refractivity contribution is 7.99. The lowest BCUT2D eigenvalue weighted by molar-refractivity contribution is -0.128. The molecule has 0 N–H and O–H groups in total. The van der Waals surface area contributed by atoms with Gasteiger partial charge in [-0.15, -0.1) is 0 Å². The van der Waals surface area contributed by atoms with Crippen molar-refractivity contribution >= 4 is 23.7 Å². The lowest BCUT2D eigenvalue weighted by Crippen LogP contribution is -2.04. The van der Waals surface area contributed by atoms with E-state index in [2.05, 4.69) is 23.7 Å². The van der Waals surface area contributed by atoms with Gasteiger partial charge in [0.15, 0.2) is 0 Å². The predicted molar refractivity (Wildman–Crippen MR) is 135 cm³/mol. The molecular weight excluding hydrogens is 456 g/mol. The van der Waals surface area contributed by atoms with Crippen LogP contribution in [0.3, 0.4) is 0 Å². The molecule has 0 aliphatic rings. The topological polar surface area (TPSA) is 52.6 Å². The molecule has 0 heterocycles. The molecule has 0 aliphatic heterocycles. The molecule has 0 saturated heterocycles. The van der Waals surface area contributed by atoms with Gasteiger partial charge in [0.25, 0.3) is 0 Å². The van der Waals surface area contributed by atoms with E-state index in [4.69, 9.17) is 9.47 Å². The van der Waals surface area contributed by atoms with Crippen LogP contribution in [0.2, 0.25) is 0 Å². The van der Waals surface area contributed by atoms with E-state index in [1.165, 1.54) is 11.8 Å². The van der Waals surface area contributed by atoms with Crippen LogP contribution in [0.4, 0.5) is 0 Å². The van der Waals surface area contributed by atoms with E-state index in [0.717, 1.165) is 20.9 Å². The SMILES string of the molecule is O=C(C#Cc1ccccc1)Oc1ccc(Sc2ccc(OC(=O)C#Cc3ccccc3)cc2)cc1. The van der Waals surface area contributed by atoms with Gasteiger partial charge in [0.2, 0.25) is 0 Å². The highest BCUT2D eigenvalue weighted by Crippen LogP contribution is 2.30. The van der Waals surface area contributed by atoms with E-state index in [0.29, 0.717) is 11.5 Å². The average molecular weight is 475 g/mol. The first-order valence-electron chi connectivity index (χ1n) is 10.6. The molecule has 0 fully saturated rings. The Hall–Kier alpha value is -4.71. The van der Waals surface area contributed by atoms with Crippen molar-refractivity contribution in [3.8, 4) is 35.2 Å². The molecule has 4 aromatic rings. The maximum atomic E-state index is 11.9. The summed E-state index contributed by atoms with van der Waals surface area (Å²) in [4.78, 5) is 25.8. The van der Waals surface area contributed by atoms with Gasteiger partial charge in [-0.3, -0.25) is 0 Å². The molecular formula is C30H18O4S. The van der Waals surface area contributed by atoms with Crippen molar-refractivity contribution in [2.45, 2.75) is 9.79 Å². The number of carbonyl (C=O) groups is 2. The van der Waals surface area contributed by atoms with E-state index in [-0.39, 0.29) is 0 Å². The molecule has 0 radical (unpaired) electrons. The minimum atomic E-state index is -0.618. The average Bonchev–Trinajstić information content (AvgIpc) is 2.90. The molecule has 0 bridgehead atoms. The molecule has 4 rings (SSSR count). The third-order valence-electron chi connectivity index (χ3n) is 4.47. The minimum Gasteiger partial charge on any atom is -0.417 e. The third kappa shape index (κ3) is 7.68. The lowest BCUT2D eigenvalue weighted by Gasteiger charge is -2.05. The number of esters is 2. The van der Waals surface area contributed by atoms with Crippen molar-refractivity contribution in [1.82, 2.24) is 0 Å². The first-order valence-corrected chi connectivity index (χ1v) is 11.4. The number of benzene rings is 4. The first kappa shape index (κ1) is 23.4. The molecule has 4 aromatic carbocycles. The lowest BCUT2D eigenvalue weighted by atomic mass is 10.2. The van der Waals surface area contributed by atoms with Gasteiger partial charge in [-0.1, -0.05) is 60.0 Å². The fourth-order valence-electron chi connectivity index (χ4n) is 2.84. The summed E-state index contributed by atoms with van der Waals surface area (Å²) in [5, 5.41) is 0. The Morgan fingerprint density at radius 1 is 0.514 bits per heavy atom. The Morgan fingerprint density at radius 3 is 1.26 bits per heavy atom. The quantitative estimate of drug-likeness (QED) is 0.214. The van der Waals surface area contributed by atoms with E-state index in [1.54, 1.807) is 24.3 Å². The van der Waals surface area contributed by atoms with Crippen LogP contribution < -0.4 is 9.47 Å². The molecule has 0 aliphatic carbocycles. The van der Waals surface area contributed by atoms with Gasteiger partial charge in [-0.05, 0) is 72.8 Å². The van der Waals surface area contributed by atoms with Crippen LogP contribution in [0, 0.1) is 23.7 Å². The molecule has 35 heavy (non-hydrogen) atoms. The highest BCUT2D eigenvalue weighted by Gasteiger charge is 2.04. The molecule has 0 atom stereocenters. The number of hydrogen-bond acceptors (Lipinski definition) is 5. The monoisotopic (exact) mass is 474 g/mol. The van der Waals surface area contributed by atoms with Crippen molar-refractivity contribution in [2.75, 3.05) is 0 Å². The second-order valence-corrected chi connectivity index (χ2v) is 8.20. The largest absolute Gasteiger partial charge is 0.417 e. The minimum absolute atomic E-state index is 0.417. The van der Waals surface area contributed by atoms with Crippen molar-refractivity contribution in [3.05, 3.63) is 120 Å². The number of ether oxygens (including phenoxy) is 2. The van der Waals surface area contributed by atoms with Crippen LogP contribution in [-0.4, -0.2) is 11.9 Å². The summed E-state index contributed by atoms with van der Waals surface area (Å²) in [6, 6.07) is 32.7. The van der Waals surface area contributed by atoms with E-state index in [9.17, 15) is 9.59 Å². The van der Waals surface area contributed by atoms with Crippen molar-refractivity contribution < 1.29 is 19.1 Å². The summed E-state index contributed by atoms with van der Waals surface area (Å²) in [6.45, 7) is 0. The zero-order valence-corrected chi connectivity index (χ0v) is 19.3. The fourth-order valence-corrected chi connectivity index (χ4v) is 3.66. The Bertz CT molecular complexity index is 1310. The van der Waals surface area contributed by atoms with Crippen LogP contribution in [0.15, 0.2) is 119 Å². The van der Waals surface area contributed by atoms with Gasteiger partial charge in [-0.25, -0.2) is 9.59 Å². The van der Waals surface area contributed by atoms with Gasteiger partial charge in [-0.2, -0.15) is 0 Å². The smallest absolute Gasteiger partial charge is 0.390 e. The molecule has 0 amide bonds. The molecule has 168 valence electrons. The highest BCUT2D eigenvalue weighted by atomic mass is 32.2.